The molecule has 1 aliphatic rings. The summed E-state index contributed by atoms with van der Waals surface area (Å²) in [6.07, 6.45) is 3.89. The number of ether oxygens (including phenoxy) is 1. The lowest BCUT2D eigenvalue weighted by molar-refractivity contribution is -0.120. The van der Waals surface area contributed by atoms with Gasteiger partial charge in [-0.2, -0.15) is 0 Å². The van der Waals surface area contributed by atoms with Crippen LogP contribution in [0.3, 0.4) is 0 Å². The van der Waals surface area contributed by atoms with Gasteiger partial charge in [0.2, 0.25) is 5.91 Å². The Morgan fingerprint density at radius 3 is 2.80 bits per heavy atom. The van der Waals surface area contributed by atoms with Crippen molar-refractivity contribution in [2.45, 2.75) is 25.3 Å². The zero-order valence-corrected chi connectivity index (χ0v) is 11.7. The summed E-state index contributed by atoms with van der Waals surface area (Å²) in [5, 5.41) is 2.83. The molecule has 1 aromatic carbocycles. The zero-order chi connectivity index (χ0) is 14.4. The molecule has 1 atom stereocenters. The molecule has 0 aromatic heterocycles. The molecule has 0 aliphatic carbocycles. The van der Waals surface area contributed by atoms with E-state index in [1.165, 1.54) is 0 Å². The van der Waals surface area contributed by atoms with Crippen LogP contribution in [0.1, 0.15) is 19.3 Å². The van der Waals surface area contributed by atoms with E-state index in [1.54, 1.807) is 31.4 Å². The van der Waals surface area contributed by atoms with E-state index in [0.717, 1.165) is 43.5 Å². The minimum Gasteiger partial charge on any atom is -0.497 e. The third-order valence-electron chi connectivity index (χ3n) is 3.54. The second-order valence-electron chi connectivity index (χ2n) is 4.95. The number of carbonyl (C=O) groups excluding carboxylic acids is 2. The summed E-state index contributed by atoms with van der Waals surface area (Å²) in [7, 11) is 1.60. The molecule has 1 aliphatic heterocycles. The van der Waals surface area contributed by atoms with Crippen LogP contribution in [0.4, 0.5) is 5.69 Å². The normalized spacial score (nSPS) is 19.4. The van der Waals surface area contributed by atoms with Crippen LogP contribution in [0.5, 0.6) is 5.75 Å². The number of aldehydes is 1. The van der Waals surface area contributed by atoms with Gasteiger partial charge >= 0.3 is 0 Å². The van der Waals surface area contributed by atoms with E-state index in [2.05, 4.69) is 5.32 Å². The van der Waals surface area contributed by atoms with Crippen LogP contribution in [-0.4, -0.2) is 43.3 Å². The Labute approximate surface area is 118 Å². The molecule has 20 heavy (non-hydrogen) atoms. The summed E-state index contributed by atoms with van der Waals surface area (Å²) in [5.41, 5.74) is 0.732. The fraction of sp³-hybridized carbons (Fsp3) is 0.467. The number of benzene rings is 1. The maximum absolute atomic E-state index is 12.0. The van der Waals surface area contributed by atoms with Crippen molar-refractivity contribution in [3.8, 4) is 5.75 Å². The molecule has 5 heteroatoms. The Balaban J connectivity index is 1.89. The van der Waals surface area contributed by atoms with Gasteiger partial charge in [-0.15, -0.1) is 0 Å². The van der Waals surface area contributed by atoms with Gasteiger partial charge in [-0.1, -0.05) is 6.42 Å². The Bertz CT molecular complexity index is 459. The van der Waals surface area contributed by atoms with Gasteiger partial charge in [0.15, 0.2) is 0 Å². The molecule has 108 valence electrons. The highest BCUT2D eigenvalue weighted by molar-refractivity contribution is 5.92. The van der Waals surface area contributed by atoms with Gasteiger partial charge in [0.05, 0.1) is 19.7 Å². The summed E-state index contributed by atoms with van der Waals surface area (Å²) < 4.78 is 5.06. The second-order valence-corrected chi connectivity index (χ2v) is 4.95. The van der Waals surface area contributed by atoms with Crippen molar-refractivity contribution in [1.82, 2.24) is 4.90 Å². The molecule has 0 radical (unpaired) electrons. The van der Waals surface area contributed by atoms with Crippen LogP contribution >= 0.6 is 0 Å². The molecule has 1 N–H and O–H groups in total. The maximum atomic E-state index is 12.0. The van der Waals surface area contributed by atoms with Crippen molar-refractivity contribution in [1.29, 1.82) is 0 Å². The molecular weight excluding hydrogens is 256 g/mol. The second kappa shape index (κ2) is 7.05. The molecule has 2 rings (SSSR count). The molecule has 1 heterocycles. The van der Waals surface area contributed by atoms with Gasteiger partial charge in [0.25, 0.3) is 0 Å². The number of carbonyl (C=O) groups is 2. The molecule has 5 nitrogen and oxygen atoms in total. The highest BCUT2D eigenvalue weighted by Crippen LogP contribution is 2.17. The Morgan fingerprint density at radius 1 is 1.40 bits per heavy atom. The predicted octanol–water partition coefficient (Wildman–Crippen LogP) is 1.69. The monoisotopic (exact) mass is 276 g/mol. The van der Waals surface area contributed by atoms with E-state index >= 15 is 0 Å². The van der Waals surface area contributed by atoms with Crippen LogP contribution in [0.25, 0.3) is 0 Å². The number of methoxy groups -OCH3 is 1. The maximum Gasteiger partial charge on any atom is 0.238 e. The van der Waals surface area contributed by atoms with E-state index in [1.807, 2.05) is 4.90 Å². The van der Waals surface area contributed by atoms with Crippen molar-refractivity contribution >= 4 is 17.9 Å². The standard InChI is InChI=1S/C15H20N2O3/c1-20-14-7-5-12(6-8-14)16-15(19)10-17-9-3-2-4-13(17)11-18/h5-8,11,13H,2-4,9-10H2,1H3,(H,16,19). The minimum absolute atomic E-state index is 0.0936. The number of rotatable bonds is 5. The van der Waals surface area contributed by atoms with Crippen molar-refractivity contribution < 1.29 is 14.3 Å². The first-order valence-electron chi connectivity index (χ1n) is 6.86. The van der Waals surface area contributed by atoms with Crippen LogP contribution in [-0.2, 0) is 9.59 Å². The van der Waals surface area contributed by atoms with Crippen molar-refractivity contribution in [3.05, 3.63) is 24.3 Å². The number of anilines is 1. The largest absolute Gasteiger partial charge is 0.497 e. The van der Waals surface area contributed by atoms with Crippen LogP contribution in [0.15, 0.2) is 24.3 Å². The van der Waals surface area contributed by atoms with Gasteiger partial charge in [-0.25, -0.2) is 0 Å². The van der Waals surface area contributed by atoms with Crippen LogP contribution in [0, 0.1) is 0 Å². The highest BCUT2D eigenvalue weighted by atomic mass is 16.5. The van der Waals surface area contributed by atoms with Crippen molar-refractivity contribution in [2.24, 2.45) is 0 Å². The lowest BCUT2D eigenvalue weighted by atomic mass is 10.0. The Kier molecular flexibility index (Phi) is 5.12. The number of hydrogen-bond acceptors (Lipinski definition) is 4. The van der Waals surface area contributed by atoms with Crippen molar-refractivity contribution in [2.75, 3.05) is 25.5 Å². The van der Waals surface area contributed by atoms with Gasteiger partial charge < -0.3 is 14.8 Å². The number of nitrogens with one attached hydrogen (secondary N) is 1. The predicted molar refractivity (Wildman–Crippen MR) is 76.9 cm³/mol. The quantitative estimate of drug-likeness (QED) is 0.831. The van der Waals surface area contributed by atoms with E-state index < -0.39 is 0 Å². The number of hydrogen-bond donors (Lipinski definition) is 1. The first-order chi connectivity index (χ1) is 9.72. The zero-order valence-electron chi connectivity index (χ0n) is 11.7. The smallest absolute Gasteiger partial charge is 0.238 e. The lowest BCUT2D eigenvalue weighted by Crippen LogP contribution is -2.44. The molecule has 0 bridgehead atoms. The molecule has 1 fully saturated rings. The molecule has 1 saturated heterocycles. The van der Waals surface area contributed by atoms with Crippen LogP contribution in [0.2, 0.25) is 0 Å². The number of nitrogens with zero attached hydrogens (tertiary/aromatic N) is 1. The Morgan fingerprint density at radius 2 is 2.15 bits per heavy atom. The third-order valence-corrected chi connectivity index (χ3v) is 3.54. The van der Waals surface area contributed by atoms with Gasteiger partial charge in [-0.05, 0) is 43.7 Å². The molecule has 1 unspecified atom stereocenters. The molecule has 1 aromatic rings. The summed E-state index contributed by atoms with van der Waals surface area (Å²) >= 11 is 0. The van der Waals surface area contributed by atoms with E-state index in [-0.39, 0.29) is 18.5 Å². The highest BCUT2D eigenvalue weighted by Gasteiger charge is 2.23. The SMILES string of the molecule is COc1ccc(NC(=O)CN2CCCCC2C=O)cc1. The van der Waals surface area contributed by atoms with E-state index in [4.69, 9.17) is 4.74 Å². The number of piperidine rings is 1. The van der Waals surface area contributed by atoms with E-state index in [0.29, 0.717) is 0 Å². The molecule has 1 amide bonds. The molecule has 0 saturated carbocycles. The first kappa shape index (κ1) is 14.5. The fourth-order valence-corrected chi connectivity index (χ4v) is 2.43. The third kappa shape index (κ3) is 3.81. The molecule has 0 spiro atoms. The minimum atomic E-state index is -0.120. The fourth-order valence-electron chi connectivity index (χ4n) is 2.43. The molecular formula is C15H20N2O3. The lowest BCUT2D eigenvalue weighted by Gasteiger charge is -2.31. The average molecular weight is 276 g/mol. The topological polar surface area (TPSA) is 58.6 Å². The Hall–Kier alpha value is -1.88. The average Bonchev–Trinajstić information content (AvgIpc) is 2.48. The number of amides is 1. The summed E-state index contributed by atoms with van der Waals surface area (Å²) in [5.74, 6) is 0.656. The van der Waals surface area contributed by atoms with Gasteiger partial charge in [-0.3, -0.25) is 9.69 Å². The van der Waals surface area contributed by atoms with Crippen molar-refractivity contribution in [3.63, 3.8) is 0 Å². The van der Waals surface area contributed by atoms with Gasteiger partial charge in [0, 0.05) is 5.69 Å². The van der Waals surface area contributed by atoms with Gasteiger partial charge in [0.1, 0.15) is 12.0 Å². The summed E-state index contributed by atoms with van der Waals surface area (Å²) in [6, 6.07) is 7.06. The number of likely N-dealkylation sites (tertiary alicyclic amines) is 1. The first-order valence-corrected chi connectivity index (χ1v) is 6.86. The van der Waals surface area contributed by atoms with Crippen LogP contribution < -0.4 is 10.1 Å². The van der Waals surface area contributed by atoms with E-state index in [9.17, 15) is 9.59 Å². The summed E-state index contributed by atoms with van der Waals surface area (Å²) in [4.78, 5) is 24.9. The summed E-state index contributed by atoms with van der Waals surface area (Å²) in [6.45, 7) is 1.06.